The fraction of sp³-hybridized carbons (Fsp3) is 0.0769. The van der Waals surface area contributed by atoms with Gasteiger partial charge in [0, 0.05) is 34.9 Å². The number of hydrogen-bond donors (Lipinski definition) is 0. The lowest BCUT2D eigenvalue weighted by atomic mass is 10.2. The molecule has 0 aliphatic carbocycles. The Morgan fingerprint density at radius 2 is 2.22 bits per heavy atom. The van der Waals surface area contributed by atoms with Crippen LogP contribution in [-0.4, -0.2) is 14.5 Å². The van der Waals surface area contributed by atoms with Crippen molar-refractivity contribution in [3.05, 3.63) is 46.5 Å². The predicted octanol–water partition coefficient (Wildman–Crippen LogP) is 3.97. The van der Waals surface area contributed by atoms with Gasteiger partial charge in [-0.15, -0.1) is 11.3 Å². The Labute approximate surface area is 117 Å². The summed E-state index contributed by atoms with van der Waals surface area (Å²) in [5.41, 5.74) is 2.10. The first-order valence-corrected chi connectivity index (χ1v) is 7.10. The fourth-order valence-corrected chi connectivity index (χ4v) is 2.99. The fourth-order valence-electron chi connectivity index (χ4n) is 1.73. The van der Waals surface area contributed by atoms with Crippen LogP contribution in [-0.2, 0) is 7.05 Å². The highest BCUT2D eigenvalue weighted by Crippen LogP contribution is 2.28. The van der Waals surface area contributed by atoms with Gasteiger partial charge in [-0.1, -0.05) is 28.1 Å². The molecule has 18 heavy (non-hydrogen) atoms. The number of aromatic nitrogens is 3. The van der Waals surface area contributed by atoms with Gasteiger partial charge in [0.25, 0.3) is 0 Å². The normalized spacial score (nSPS) is 10.8. The zero-order valence-corrected chi connectivity index (χ0v) is 12.1. The zero-order valence-electron chi connectivity index (χ0n) is 9.67. The van der Waals surface area contributed by atoms with E-state index in [0.29, 0.717) is 0 Å². The molecule has 0 saturated heterocycles. The Balaban J connectivity index is 2.02. The lowest BCUT2D eigenvalue weighted by Crippen LogP contribution is -1.90. The summed E-state index contributed by atoms with van der Waals surface area (Å²) in [4.78, 5) is 8.95. The molecule has 5 heteroatoms. The van der Waals surface area contributed by atoms with E-state index < -0.39 is 0 Å². The van der Waals surface area contributed by atoms with Crippen molar-refractivity contribution in [2.45, 2.75) is 0 Å². The van der Waals surface area contributed by atoms with Crippen LogP contribution >= 0.6 is 27.3 Å². The predicted molar refractivity (Wildman–Crippen MR) is 77.5 cm³/mol. The Hall–Kier alpha value is -1.46. The zero-order chi connectivity index (χ0) is 12.5. The Morgan fingerprint density at radius 3 is 2.94 bits per heavy atom. The summed E-state index contributed by atoms with van der Waals surface area (Å²) in [5, 5.41) is 3.00. The van der Waals surface area contributed by atoms with E-state index in [1.54, 1.807) is 17.5 Å². The van der Waals surface area contributed by atoms with E-state index in [0.717, 1.165) is 26.6 Å². The monoisotopic (exact) mass is 319 g/mol. The van der Waals surface area contributed by atoms with Gasteiger partial charge < -0.3 is 4.57 Å². The Morgan fingerprint density at radius 1 is 1.33 bits per heavy atom. The summed E-state index contributed by atoms with van der Waals surface area (Å²) < 4.78 is 3.04. The van der Waals surface area contributed by atoms with E-state index in [2.05, 4.69) is 43.4 Å². The number of hydrogen-bond acceptors (Lipinski definition) is 3. The van der Waals surface area contributed by atoms with Crippen molar-refractivity contribution < 1.29 is 0 Å². The average molecular weight is 320 g/mol. The lowest BCUT2D eigenvalue weighted by molar-refractivity contribution is 0.923. The molecular weight excluding hydrogens is 310 g/mol. The largest absolute Gasteiger partial charge is 0.332 e. The number of rotatable bonds is 2. The van der Waals surface area contributed by atoms with Gasteiger partial charge in [-0.2, -0.15) is 0 Å². The molecule has 0 fully saturated rings. The summed E-state index contributed by atoms with van der Waals surface area (Å²) in [6, 6.07) is 8.15. The molecule has 0 aliphatic heterocycles. The van der Waals surface area contributed by atoms with Gasteiger partial charge in [-0.05, 0) is 12.1 Å². The third-order valence-electron chi connectivity index (χ3n) is 2.64. The maximum Gasteiger partial charge on any atom is 0.168 e. The van der Waals surface area contributed by atoms with Crippen molar-refractivity contribution in [3.8, 4) is 22.1 Å². The lowest BCUT2D eigenvalue weighted by Gasteiger charge is -1.98. The topological polar surface area (TPSA) is 30.7 Å². The molecule has 90 valence electrons. The molecular formula is C13H10BrN3S. The maximum atomic E-state index is 4.64. The molecule has 0 bridgehead atoms. The number of benzene rings is 1. The Kier molecular flexibility index (Phi) is 3.01. The van der Waals surface area contributed by atoms with Crippen LogP contribution in [0.25, 0.3) is 22.1 Å². The summed E-state index contributed by atoms with van der Waals surface area (Å²) in [6.07, 6.45) is 3.71. The van der Waals surface area contributed by atoms with Crippen molar-refractivity contribution >= 4 is 27.3 Å². The van der Waals surface area contributed by atoms with Gasteiger partial charge in [0.1, 0.15) is 0 Å². The minimum atomic E-state index is 0.904. The molecule has 3 rings (SSSR count). The van der Waals surface area contributed by atoms with E-state index in [-0.39, 0.29) is 0 Å². The number of halogens is 1. The van der Waals surface area contributed by atoms with Crippen LogP contribution in [0.1, 0.15) is 0 Å². The second kappa shape index (κ2) is 4.66. The molecule has 2 heterocycles. The molecule has 0 aliphatic rings. The van der Waals surface area contributed by atoms with Crippen molar-refractivity contribution in [1.29, 1.82) is 0 Å². The van der Waals surface area contributed by atoms with Crippen LogP contribution in [0, 0.1) is 0 Å². The van der Waals surface area contributed by atoms with Crippen molar-refractivity contribution in [2.24, 2.45) is 7.05 Å². The van der Waals surface area contributed by atoms with Gasteiger partial charge in [-0.25, -0.2) is 9.97 Å². The minimum Gasteiger partial charge on any atom is -0.332 e. The SMILES string of the molecule is Cn1ccnc1-c1nc(-c2cccc(Br)c2)cs1. The van der Waals surface area contributed by atoms with E-state index in [4.69, 9.17) is 0 Å². The van der Waals surface area contributed by atoms with Gasteiger partial charge in [-0.3, -0.25) is 0 Å². The first-order chi connectivity index (χ1) is 8.74. The summed E-state index contributed by atoms with van der Waals surface area (Å²) in [6.45, 7) is 0. The molecule has 3 nitrogen and oxygen atoms in total. The molecule has 3 aromatic rings. The molecule has 0 amide bonds. The standard InChI is InChI=1S/C13H10BrN3S/c1-17-6-5-15-12(17)13-16-11(8-18-13)9-3-2-4-10(14)7-9/h2-8H,1H3. The van der Waals surface area contributed by atoms with Crippen molar-refractivity contribution in [1.82, 2.24) is 14.5 Å². The van der Waals surface area contributed by atoms with E-state index in [1.165, 1.54) is 0 Å². The second-order valence-corrected chi connectivity index (χ2v) is 5.68. The van der Waals surface area contributed by atoms with Gasteiger partial charge in [0.15, 0.2) is 10.8 Å². The number of aryl methyl sites for hydroxylation is 1. The van der Waals surface area contributed by atoms with E-state index in [9.17, 15) is 0 Å². The smallest absolute Gasteiger partial charge is 0.168 e. The molecule has 0 unspecified atom stereocenters. The van der Waals surface area contributed by atoms with Crippen LogP contribution in [0.5, 0.6) is 0 Å². The first-order valence-electron chi connectivity index (χ1n) is 5.43. The van der Waals surface area contributed by atoms with Crippen LogP contribution in [0.2, 0.25) is 0 Å². The second-order valence-electron chi connectivity index (χ2n) is 3.91. The Bertz CT molecular complexity index is 687. The molecule has 0 atom stereocenters. The average Bonchev–Trinajstić information content (AvgIpc) is 2.97. The van der Waals surface area contributed by atoms with Crippen LogP contribution in [0.3, 0.4) is 0 Å². The highest BCUT2D eigenvalue weighted by molar-refractivity contribution is 9.10. The molecule has 1 aromatic carbocycles. The van der Waals surface area contributed by atoms with Crippen molar-refractivity contribution in [2.75, 3.05) is 0 Å². The summed E-state index contributed by atoms with van der Waals surface area (Å²) in [7, 11) is 1.97. The molecule has 0 N–H and O–H groups in total. The van der Waals surface area contributed by atoms with Crippen LogP contribution in [0.15, 0.2) is 46.5 Å². The third kappa shape index (κ3) is 2.11. The number of thiazole rings is 1. The number of imidazole rings is 1. The quantitative estimate of drug-likeness (QED) is 0.715. The van der Waals surface area contributed by atoms with Gasteiger partial charge >= 0.3 is 0 Å². The highest BCUT2D eigenvalue weighted by atomic mass is 79.9. The van der Waals surface area contributed by atoms with Gasteiger partial charge in [0.2, 0.25) is 0 Å². The van der Waals surface area contributed by atoms with E-state index in [1.807, 2.05) is 29.9 Å². The molecule has 0 radical (unpaired) electrons. The first kappa shape index (κ1) is 11.6. The maximum absolute atomic E-state index is 4.64. The third-order valence-corrected chi connectivity index (χ3v) is 3.97. The molecule has 2 aromatic heterocycles. The van der Waals surface area contributed by atoms with Gasteiger partial charge in [0.05, 0.1) is 5.69 Å². The highest BCUT2D eigenvalue weighted by Gasteiger charge is 2.10. The van der Waals surface area contributed by atoms with Crippen LogP contribution in [0.4, 0.5) is 0 Å². The van der Waals surface area contributed by atoms with E-state index >= 15 is 0 Å². The molecule has 0 spiro atoms. The van der Waals surface area contributed by atoms with Crippen LogP contribution < -0.4 is 0 Å². The van der Waals surface area contributed by atoms with Crippen molar-refractivity contribution in [3.63, 3.8) is 0 Å². The minimum absolute atomic E-state index is 0.904. The summed E-state index contributed by atoms with van der Waals surface area (Å²) >= 11 is 5.09. The molecule has 0 saturated carbocycles. The summed E-state index contributed by atoms with van der Waals surface area (Å²) in [5.74, 6) is 0.904. The number of nitrogens with zero attached hydrogens (tertiary/aromatic N) is 3.